The summed E-state index contributed by atoms with van der Waals surface area (Å²) in [6, 6.07) is 25.2. The average Bonchev–Trinajstić information content (AvgIpc) is 3.77. The molecule has 0 saturated carbocycles. The fourth-order valence-electron chi connectivity index (χ4n) is 5.58. The van der Waals surface area contributed by atoms with Gasteiger partial charge in [-0.15, -0.1) is 0 Å². The van der Waals surface area contributed by atoms with Crippen molar-refractivity contribution in [3.63, 3.8) is 0 Å². The lowest BCUT2D eigenvalue weighted by Crippen LogP contribution is -2.46. The Morgan fingerprint density at radius 2 is 1.77 bits per heavy atom. The van der Waals surface area contributed by atoms with Gasteiger partial charge in [0, 0.05) is 42.2 Å². The van der Waals surface area contributed by atoms with E-state index in [2.05, 4.69) is 15.7 Å². The lowest BCUT2D eigenvalue weighted by atomic mass is 10.0. The van der Waals surface area contributed by atoms with Gasteiger partial charge in [-0.1, -0.05) is 62.4 Å². The van der Waals surface area contributed by atoms with E-state index in [1.807, 2.05) is 68.6 Å². The third kappa shape index (κ3) is 7.77. The smallest absolute Gasteiger partial charge is 0.254 e. The van der Waals surface area contributed by atoms with Crippen molar-refractivity contribution in [1.29, 1.82) is 0 Å². The van der Waals surface area contributed by atoms with Crippen LogP contribution in [0.4, 0.5) is 0 Å². The number of hydrogen-bond acceptors (Lipinski definition) is 7. The number of amides is 3. The number of aromatic nitrogens is 5. The lowest BCUT2D eigenvalue weighted by Gasteiger charge is -2.26. The molecule has 1 aliphatic rings. The van der Waals surface area contributed by atoms with E-state index in [1.54, 1.807) is 52.0 Å². The van der Waals surface area contributed by atoms with Crippen molar-refractivity contribution in [2.75, 3.05) is 26.2 Å². The van der Waals surface area contributed by atoms with Gasteiger partial charge in [0.05, 0.1) is 25.7 Å². The maximum atomic E-state index is 14.0. The Morgan fingerprint density at radius 3 is 2.56 bits per heavy atom. The molecule has 0 spiro atoms. The van der Waals surface area contributed by atoms with E-state index in [4.69, 9.17) is 14.8 Å². The van der Waals surface area contributed by atoms with E-state index in [0.29, 0.717) is 41.6 Å². The molecule has 0 unspecified atom stereocenters. The van der Waals surface area contributed by atoms with Gasteiger partial charge in [0.1, 0.15) is 12.4 Å². The van der Waals surface area contributed by atoms with E-state index < -0.39 is 6.04 Å². The molecule has 0 fully saturated rings. The Bertz CT molecular complexity index is 1870. The molecule has 2 bridgehead atoms. The first kappa shape index (κ1) is 32.2. The third-order valence-corrected chi connectivity index (χ3v) is 8.03. The molecule has 3 heterocycles. The quantitative estimate of drug-likeness (QED) is 0.295. The van der Waals surface area contributed by atoms with Crippen molar-refractivity contribution >= 4 is 17.7 Å². The molecule has 3 amide bonds. The predicted octanol–water partition coefficient (Wildman–Crippen LogP) is 3.97. The number of nitrogens with one attached hydrogen (secondary N) is 2. The SMILES string of the molecule is CC(C)[C@@H]1NC(=O)CN(C(=O)c2cccc(Cn3cccn3)c2)CCNC(=O)c2cccc(c2)OCCn2nc(-c3ccccc3)nc21. The number of benzene rings is 3. The Balaban J connectivity index is 1.32. The summed E-state index contributed by atoms with van der Waals surface area (Å²) in [6.45, 7) is 5.13. The fourth-order valence-corrected chi connectivity index (χ4v) is 5.58. The van der Waals surface area contributed by atoms with E-state index in [-0.39, 0.29) is 49.9 Å². The molecular weight excluding hydrogens is 608 g/mol. The molecule has 48 heavy (non-hydrogen) atoms. The zero-order valence-electron chi connectivity index (χ0n) is 27.0. The molecule has 2 aromatic heterocycles. The Hall–Kier alpha value is -5.78. The van der Waals surface area contributed by atoms with E-state index >= 15 is 0 Å². The Kier molecular flexibility index (Phi) is 9.89. The number of carbonyl (C=O) groups is 3. The van der Waals surface area contributed by atoms with Crippen LogP contribution in [0, 0.1) is 5.92 Å². The predicted molar refractivity (Wildman–Crippen MR) is 179 cm³/mol. The van der Waals surface area contributed by atoms with Gasteiger partial charge in [-0.3, -0.25) is 19.1 Å². The monoisotopic (exact) mass is 646 g/mol. The first-order chi connectivity index (χ1) is 23.3. The minimum atomic E-state index is -0.504. The molecule has 6 rings (SSSR count). The lowest BCUT2D eigenvalue weighted by molar-refractivity contribution is -0.123. The van der Waals surface area contributed by atoms with Crippen LogP contribution in [0.15, 0.2) is 97.3 Å². The average molecular weight is 647 g/mol. The largest absolute Gasteiger partial charge is 0.492 e. The summed E-state index contributed by atoms with van der Waals surface area (Å²) in [5, 5.41) is 15.1. The maximum Gasteiger partial charge on any atom is 0.254 e. The highest BCUT2D eigenvalue weighted by molar-refractivity contribution is 5.97. The maximum absolute atomic E-state index is 14.0. The molecule has 1 atom stereocenters. The van der Waals surface area contributed by atoms with Crippen LogP contribution >= 0.6 is 0 Å². The summed E-state index contributed by atoms with van der Waals surface area (Å²) in [4.78, 5) is 47.1. The molecule has 0 radical (unpaired) electrons. The van der Waals surface area contributed by atoms with Gasteiger partial charge in [-0.05, 0) is 47.9 Å². The molecule has 3 aromatic carbocycles. The van der Waals surface area contributed by atoms with Crippen molar-refractivity contribution in [3.05, 3.63) is 120 Å². The van der Waals surface area contributed by atoms with Gasteiger partial charge in [0.15, 0.2) is 11.6 Å². The van der Waals surface area contributed by atoms with Crippen LogP contribution in [0.25, 0.3) is 11.4 Å². The zero-order valence-corrected chi connectivity index (χ0v) is 27.0. The molecule has 246 valence electrons. The number of fused-ring (bicyclic) bond motifs is 3. The van der Waals surface area contributed by atoms with Crippen LogP contribution in [0.3, 0.4) is 0 Å². The van der Waals surface area contributed by atoms with Crippen LogP contribution in [0.2, 0.25) is 0 Å². The van der Waals surface area contributed by atoms with Crippen LogP contribution in [0.1, 0.15) is 52.0 Å². The van der Waals surface area contributed by atoms with Crippen molar-refractivity contribution in [1.82, 2.24) is 40.1 Å². The molecule has 0 saturated heterocycles. The zero-order chi connectivity index (χ0) is 33.5. The second-order valence-electron chi connectivity index (χ2n) is 11.9. The summed E-state index contributed by atoms with van der Waals surface area (Å²) < 4.78 is 9.57. The minimum absolute atomic E-state index is 0.0531. The van der Waals surface area contributed by atoms with Crippen molar-refractivity contribution < 1.29 is 19.1 Å². The normalized spacial score (nSPS) is 16.0. The van der Waals surface area contributed by atoms with Gasteiger partial charge >= 0.3 is 0 Å². The topological polar surface area (TPSA) is 136 Å². The van der Waals surface area contributed by atoms with Crippen LogP contribution < -0.4 is 15.4 Å². The van der Waals surface area contributed by atoms with Gasteiger partial charge < -0.3 is 20.3 Å². The van der Waals surface area contributed by atoms with Gasteiger partial charge in [0.25, 0.3) is 11.8 Å². The molecule has 0 aliphatic carbocycles. The summed E-state index contributed by atoms with van der Waals surface area (Å²) in [7, 11) is 0. The number of carbonyl (C=O) groups excluding carboxylic acids is 3. The van der Waals surface area contributed by atoms with Gasteiger partial charge in [0.2, 0.25) is 5.91 Å². The standard InChI is InChI=1S/C36H38N8O4/c1-25(2)32-34-40-33(27-10-4-3-5-11-27)41-44(34)19-20-48-30-14-7-12-28(22-30)35(46)37-16-18-42(24-31(45)39-32)36(47)29-13-6-9-26(21-29)23-43-17-8-15-38-43/h3-15,17,21-22,25,32H,16,18-20,23-24H2,1-2H3,(H,37,46)(H,39,45)/t32-/m0/s1. The third-order valence-electron chi connectivity index (χ3n) is 8.03. The highest BCUT2D eigenvalue weighted by atomic mass is 16.5. The Morgan fingerprint density at radius 1 is 0.958 bits per heavy atom. The highest BCUT2D eigenvalue weighted by Gasteiger charge is 2.28. The second-order valence-corrected chi connectivity index (χ2v) is 11.9. The van der Waals surface area contributed by atoms with Crippen molar-refractivity contribution in [3.8, 4) is 17.1 Å². The van der Waals surface area contributed by atoms with Crippen molar-refractivity contribution in [2.24, 2.45) is 5.92 Å². The summed E-state index contributed by atoms with van der Waals surface area (Å²) in [5.74, 6) is 0.605. The first-order valence-electron chi connectivity index (χ1n) is 16.0. The summed E-state index contributed by atoms with van der Waals surface area (Å²) in [5.41, 5.74) is 2.59. The number of ether oxygens (including phenoxy) is 1. The van der Waals surface area contributed by atoms with Gasteiger partial charge in [-0.25, -0.2) is 9.67 Å². The summed E-state index contributed by atoms with van der Waals surface area (Å²) in [6.07, 6.45) is 3.55. The molecule has 1 aliphatic heterocycles. The fraction of sp³-hybridized carbons (Fsp3) is 0.278. The van der Waals surface area contributed by atoms with Gasteiger partial charge in [-0.2, -0.15) is 10.2 Å². The van der Waals surface area contributed by atoms with E-state index in [0.717, 1.165) is 11.1 Å². The number of rotatable bonds is 5. The molecule has 5 aromatic rings. The van der Waals surface area contributed by atoms with Crippen molar-refractivity contribution in [2.45, 2.75) is 33.0 Å². The molecule has 12 heteroatoms. The van der Waals surface area contributed by atoms with Crippen LogP contribution in [-0.4, -0.2) is 73.4 Å². The number of nitrogens with zero attached hydrogens (tertiary/aromatic N) is 6. The van der Waals surface area contributed by atoms with Crippen LogP contribution in [-0.2, 0) is 17.9 Å². The molecular formula is C36H38N8O4. The molecule has 12 nitrogen and oxygen atoms in total. The van der Waals surface area contributed by atoms with E-state index in [9.17, 15) is 14.4 Å². The number of hydrogen-bond donors (Lipinski definition) is 2. The van der Waals surface area contributed by atoms with Crippen LogP contribution in [0.5, 0.6) is 5.75 Å². The highest BCUT2D eigenvalue weighted by Crippen LogP contribution is 2.24. The van der Waals surface area contributed by atoms with E-state index in [1.165, 1.54) is 4.90 Å². The first-order valence-corrected chi connectivity index (χ1v) is 16.0. The second kappa shape index (κ2) is 14.8. The molecule has 2 N–H and O–H groups in total. The Labute approximate surface area is 278 Å². The summed E-state index contributed by atoms with van der Waals surface area (Å²) >= 11 is 0. The minimum Gasteiger partial charge on any atom is -0.492 e.